The van der Waals surface area contributed by atoms with Gasteiger partial charge < -0.3 is 14.8 Å². The largest absolute Gasteiger partial charge is 0.449 e. The van der Waals surface area contributed by atoms with Crippen LogP contribution in [0.15, 0.2) is 42.5 Å². The minimum atomic E-state index is -3.07. The van der Waals surface area contributed by atoms with Crippen LogP contribution in [0.2, 0.25) is 0 Å². The predicted molar refractivity (Wildman–Crippen MR) is 95.0 cm³/mol. The van der Waals surface area contributed by atoms with Crippen LogP contribution in [0.25, 0.3) is 0 Å². The van der Waals surface area contributed by atoms with Gasteiger partial charge in [-0.25, -0.2) is 4.79 Å². The lowest BCUT2D eigenvalue weighted by molar-refractivity contribution is -0.123. The van der Waals surface area contributed by atoms with Crippen molar-refractivity contribution in [3.05, 3.63) is 59.2 Å². The van der Waals surface area contributed by atoms with Gasteiger partial charge in [0.05, 0.1) is 0 Å². The number of aryl methyl sites for hydroxylation is 2. The van der Waals surface area contributed by atoms with Crippen molar-refractivity contribution in [3.63, 3.8) is 0 Å². The van der Waals surface area contributed by atoms with E-state index in [9.17, 15) is 18.4 Å². The van der Waals surface area contributed by atoms with Gasteiger partial charge in [-0.1, -0.05) is 18.2 Å². The molecule has 27 heavy (non-hydrogen) atoms. The summed E-state index contributed by atoms with van der Waals surface area (Å²) in [4.78, 5) is 24.5. The third-order valence-electron chi connectivity index (χ3n) is 4.34. The number of benzene rings is 2. The Morgan fingerprint density at radius 2 is 1.81 bits per heavy atom. The van der Waals surface area contributed by atoms with E-state index in [0.717, 1.165) is 19.3 Å². The lowest BCUT2D eigenvalue weighted by Crippen LogP contribution is -2.30. The quantitative estimate of drug-likeness (QED) is 0.777. The van der Waals surface area contributed by atoms with Crippen LogP contribution in [0.5, 0.6) is 5.75 Å². The molecular formula is C20H19F2NO4. The summed E-state index contributed by atoms with van der Waals surface area (Å²) in [5.41, 5.74) is 2.94. The Labute approximate surface area is 155 Å². The number of carbonyl (C=O) groups excluding carboxylic acids is 2. The van der Waals surface area contributed by atoms with Crippen LogP contribution in [0, 0.1) is 0 Å². The highest BCUT2D eigenvalue weighted by Crippen LogP contribution is 2.25. The minimum absolute atomic E-state index is 0.171. The monoisotopic (exact) mass is 375 g/mol. The number of fused-ring (bicyclic) bond motifs is 1. The Morgan fingerprint density at radius 3 is 2.59 bits per heavy atom. The first-order valence-electron chi connectivity index (χ1n) is 8.61. The van der Waals surface area contributed by atoms with E-state index < -0.39 is 24.6 Å². The van der Waals surface area contributed by atoms with Gasteiger partial charge >= 0.3 is 12.6 Å². The van der Waals surface area contributed by atoms with E-state index >= 15 is 0 Å². The van der Waals surface area contributed by atoms with Gasteiger partial charge in [0.25, 0.3) is 5.91 Å². The van der Waals surface area contributed by atoms with Crippen molar-refractivity contribution in [1.29, 1.82) is 0 Å². The SMILES string of the molecule is C[C@@H](OC(=O)c1ccccc1OC(F)F)C(=O)Nc1ccc2c(c1)CCC2. The zero-order chi connectivity index (χ0) is 19.4. The van der Waals surface area contributed by atoms with Crippen molar-refractivity contribution in [2.24, 2.45) is 0 Å². The summed E-state index contributed by atoms with van der Waals surface area (Å²) >= 11 is 0. The summed E-state index contributed by atoms with van der Waals surface area (Å²) in [7, 11) is 0. The summed E-state index contributed by atoms with van der Waals surface area (Å²) in [5.74, 6) is -1.72. The number of hydrogen-bond donors (Lipinski definition) is 1. The molecule has 0 radical (unpaired) electrons. The molecule has 7 heteroatoms. The Hall–Kier alpha value is -2.96. The maximum atomic E-state index is 12.5. The molecule has 2 aromatic carbocycles. The number of esters is 1. The maximum Gasteiger partial charge on any atom is 0.387 e. The average molecular weight is 375 g/mol. The zero-order valence-corrected chi connectivity index (χ0v) is 14.7. The van der Waals surface area contributed by atoms with Gasteiger partial charge in [-0.3, -0.25) is 4.79 Å². The molecule has 0 unspecified atom stereocenters. The molecule has 0 saturated heterocycles. The fourth-order valence-electron chi connectivity index (χ4n) is 3.01. The third kappa shape index (κ3) is 4.61. The summed E-state index contributed by atoms with van der Waals surface area (Å²) in [6.45, 7) is -1.66. The van der Waals surface area contributed by atoms with Crippen LogP contribution in [0.1, 0.15) is 34.8 Å². The number of nitrogens with one attached hydrogen (secondary N) is 1. The van der Waals surface area contributed by atoms with E-state index in [-0.39, 0.29) is 11.3 Å². The number of hydrogen-bond acceptors (Lipinski definition) is 4. The van der Waals surface area contributed by atoms with E-state index in [0.29, 0.717) is 5.69 Å². The molecule has 1 amide bonds. The number of carbonyl (C=O) groups is 2. The summed E-state index contributed by atoms with van der Waals surface area (Å²) < 4.78 is 34.3. The molecule has 0 bridgehead atoms. The minimum Gasteiger partial charge on any atom is -0.449 e. The number of amides is 1. The van der Waals surface area contributed by atoms with Crippen molar-refractivity contribution in [1.82, 2.24) is 0 Å². The Morgan fingerprint density at radius 1 is 1.07 bits per heavy atom. The van der Waals surface area contributed by atoms with Gasteiger partial charge in [0.15, 0.2) is 6.10 Å². The Balaban J connectivity index is 1.63. The lowest BCUT2D eigenvalue weighted by Gasteiger charge is -2.15. The smallest absolute Gasteiger partial charge is 0.387 e. The van der Waals surface area contributed by atoms with Crippen molar-refractivity contribution >= 4 is 17.6 Å². The van der Waals surface area contributed by atoms with Crippen LogP contribution >= 0.6 is 0 Å². The number of anilines is 1. The number of ether oxygens (including phenoxy) is 2. The molecule has 0 aromatic heterocycles. The van der Waals surface area contributed by atoms with Crippen molar-refractivity contribution in [3.8, 4) is 5.75 Å². The molecule has 0 spiro atoms. The van der Waals surface area contributed by atoms with Crippen molar-refractivity contribution in [2.45, 2.75) is 38.9 Å². The third-order valence-corrected chi connectivity index (χ3v) is 4.34. The highest BCUT2D eigenvalue weighted by Gasteiger charge is 2.23. The highest BCUT2D eigenvalue weighted by molar-refractivity contribution is 5.98. The second-order valence-electron chi connectivity index (χ2n) is 6.25. The number of para-hydroxylation sites is 1. The van der Waals surface area contributed by atoms with E-state index in [4.69, 9.17) is 4.74 Å². The molecule has 0 heterocycles. The molecule has 1 aliphatic rings. The molecular weight excluding hydrogens is 356 g/mol. The molecule has 1 aliphatic carbocycles. The number of rotatable bonds is 6. The average Bonchev–Trinajstić information content (AvgIpc) is 3.09. The van der Waals surface area contributed by atoms with Gasteiger partial charge in [0.2, 0.25) is 0 Å². The lowest BCUT2D eigenvalue weighted by atomic mass is 10.1. The maximum absolute atomic E-state index is 12.5. The van der Waals surface area contributed by atoms with Crippen LogP contribution < -0.4 is 10.1 Å². The van der Waals surface area contributed by atoms with Crippen LogP contribution in [-0.2, 0) is 22.4 Å². The molecule has 1 atom stereocenters. The predicted octanol–water partition coefficient (Wildman–Crippen LogP) is 3.96. The normalized spacial score (nSPS) is 13.8. The molecule has 0 fully saturated rings. The van der Waals surface area contributed by atoms with Crippen LogP contribution in [-0.4, -0.2) is 24.6 Å². The first-order chi connectivity index (χ1) is 12.9. The molecule has 0 aliphatic heterocycles. The van der Waals surface area contributed by atoms with E-state index in [1.165, 1.54) is 42.3 Å². The molecule has 142 valence electrons. The first-order valence-corrected chi connectivity index (χ1v) is 8.61. The number of halogens is 2. The number of alkyl halides is 2. The van der Waals surface area contributed by atoms with Gasteiger partial charge in [0.1, 0.15) is 11.3 Å². The Bertz CT molecular complexity index is 854. The second kappa shape index (κ2) is 8.16. The van der Waals surface area contributed by atoms with Gasteiger partial charge in [-0.05, 0) is 61.6 Å². The summed E-state index contributed by atoms with van der Waals surface area (Å²) in [6, 6.07) is 11.2. The molecule has 5 nitrogen and oxygen atoms in total. The fraction of sp³-hybridized carbons (Fsp3) is 0.300. The second-order valence-corrected chi connectivity index (χ2v) is 6.25. The zero-order valence-electron chi connectivity index (χ0n) is 14.7. The summed E-state index contributed by atoms with van der Waals surface area (Å²) in [6.07, 6.45) is 2.01. The molecule has 3 rings (SSSR count). The van der Waals surface area contributed by atoms with Crippen LogP contribution in [0.4, 0.5) is 14.5 Å². The van der Waals surface area contributed by atoms with Crippen molar-refractivity contribution in [2.75, 3.05) is 5.32 Å². The fourth-order valence-corrected chi connectivity index (χ4v) is 3.01. The van der Waals surface area contributed by atoms with Gasteiger partial charge in [0, 0.05) is 5.69 Å². The van der Waals surface area contributed by atoms with Crippen LogP contribution in [0.3, 0.4) is 0 Å². The highest BCUT2D eigenvalue weighted by atomic mass is 19.3. The molecule has 1 N–H and O–H groups in total. The first kappa shape index (κ1) is 18.8. The van der Waals surface area contributed by atoms with Gasteiger partial charge in [-0.15, -0.1) is 0 Å². The standard InChI is InChI=1S/C20H19F2NO4/c1-12(18(24)23-15-10-9-13-5-4-6-14(13)11-15)26-19(25)16-7-2-3-8-17(16)27-20(21)22/h2-3,7-12,20H,4-6H2,1H3,(H,23,24)/t12-/m1/s1. The summed E-state index contributed by atoms with van der Waals surface area (Å²) in [5, 5.41) is 2.71. The van der Waals surface area contributed by atoms with E-state index in [1.54, 1.807) is 0 Å². The van der Waals surface area contributed by atoms with E-state index in [1.807, 2.05) is 18.2 Å². The van der Waals surface area contributed by atoms with Crippen molar-refractivity contribution < 1.29 is 27.8 Å². The topological polar surface area (TPSA) is 64.6 Å². The Kier molecular flexibility index (Phi) is 5.69. The molecule has 0 saturated carbocycles. The van der Waals surface area contributed by atoms with E-state index in [2.05, 4.69) is 10.1 Å². The molecule has 2 aromatic rings. The van der Waals surface area contributed by atoms with Gasteiger partial charge in [-0.2, -0.15) is 8.78 Å².